The van der Waals surface area contributed by atoms with E-state index in [-0.39, 0.29) is 18.8 Å². The van der Waals surface area contributed by atoms with Gasteiger partial charge in [0.25, 0.3) is 0 Å². The van der Waals surface area contributed by atoms with Gasteiger partial charge in [-0.1, -0.05) is 12.1 Å². The number of fused-ring (bicyclic) bond motifs is 2. The summed E-state index contributed by atoms with van der Waals surface area (Å²) >= 11 is 0. The molecular formula is C25H24N6O3. The van der Waals surface area contributed by atoms with Crippen LogP contribution in [-0.2, 0) is 23.1 Å². The van der Waals surface area contributed by atoms with Gasteiger partial charge < -0.3 is 4.74 Å². The highest BCUT2D eigenvalue weighted by Crippen LogP contribution is 2.29. The van der Waals surface area contributed by atoms with Crippen molar-refractivity contribution in [1.82, 2.24) is 28.9 Å². The van der Waals surface area contributed by atoms with Gasteiger partial charge in [0.2, 0.25) is 0 Å². The summed E-state index contributed by atoms with van der Waals surface area (Å²) < 4.78 is 9.88. The molecule has 0 atom stereocenters. The molecule has 0 aliphatic rings. The summed E-state index contributed by atoms with van der Waals surface area (Å²) in [4.78, 5) is 34.8. The molecule has 5 aromatic rings. The number of aromatic nitrogens is 6. The molecule has 4 heterocycles. The number of imidazole rings is 1. The summed E-state index contributed by atoms with van der Waals surface area (Å²) in [6.07, 6.45) is 7.13. The summed E-state index contributed by atoms with van der Waals surface area (Å²) in [5, 5.41) is 5.31. The standard InChI is InChI=1S/C25H24N6O3/c1-5-34-22(32)14-30-20-8-6-7-15(2)23(20)31(25(30)33)24-16(3)9-17(10-27-24)18-11-26-13-21-19(18)12-28-29(21)4/h6-13H,5,14H2,1-4H3. The molecule has 9 nitrogen and oxygen atoms in total. The predicted octanol–water partition coefficient (Wildman–Crippen LogP) is 3.32. The van der Waals surface area contributed by atoms with E-state index in [2.05, 4.69) is 10.1 Å². The molecule has 0 N–H and O–H groups in total. The van der Waals surface area contributed by atoms with Crippen molar-refractivity contribution in [1.29, 1.82) is 0 Å². The van der Waals surface area contributed by atoms with Crippen molar-refractivity contribution in [2.24, 2.45) is 7.05 Å². The van der Waals surface area contributed by atoms with Crippen LogP contribution in [-0.4, -0.2) is 41.5 Å². The summed E-state index contributed by atoms with van der Waals surface area (Å²) in [7, 11) is 1.88. The molecule has 0 saturated heterocycles. The van der Waals surface area contributed by atoms with Crippen LogP contribution in [0.4, 0.5) is 0 Å². The Hall–Kier alpha value is -4.27. The van der Waals surface area contributed by atoms with Crippen LogP contribution in [0.2, 0.25) is 0 Å². The number of esters is 1. The average molecular weight is 457 g/mol. The Morgan fingerprint density at radius 2 is 1.88 bits per heavy atom. The van der Waals surface area contributed by atoms with Gasteiger partial charge in [-0.15, -0.1) is 0 Å². The van der Waals surface area contributed by atoms with Crippen LogP contribution in [0, 0.1) is 13.8 Å². The summed E-state index contributed by atoms with van der Waals surface area (Å²) in [6.45, 7) is 5.69. The van der Waals surface area contributed by atoms with Crippen molar-refractivity contribution in [3.8, 4) is 16.9 Å². The lowest BCUT2D eigenvalue weighted by molar-refractivity contribution is -0.143. The molecule has 0 unspecified atom stereocenters. The van der Waals surface area contributed by atoms with E-state index in [1.807, 2.05) is 51.4 Å². The molecule has 0 fully saturated rings. The Balaban J connectivity index is 1.68. The van der Waals surface area contributed by atoms with E-state index in [0.29, 0.717) is 11.3 Å². The fourth-order valence-corrected chi connectivity index (χ4v) is 4.40. The number of benzene rings is 1. The van der Waals surface area contributed by atoms with E-state index < -0.39 is 5.97 Å². The fraction of sp³-hybridized carbons (Fsp3) is 0.240. The number of para-hydroxylation sites is 1. The number of hydrogen-bond acceptors (Lipinski definition) is 6. The number of aryl methyl sites for hydroxylation is 3. The zero-order valence-electron chi connectivity index (χ0n) is 19.4. The maximum absolute atomic E-state index is 13.5. The molecule has 5 rings (SSSR count). The first-order valence-electron chi connectivity index (χ1n) is 11.0. The van der Waals surface area contributed by atoms with Crippen LogP contribution < -0.4 is 5.69 Å². The van der Waals surface area contributed by atoms with Crippen molar-refractivity contribution < 1.29 is 9.53 Å². The van der Waals surface area contributed by atoms with Crippen LogP contribution >= 0.6 is 0 Å². The number of carbonyl (C=O) groups is 1. The number of hydrogen-bond donors (Lipinski definition) is 0. The predicted molar refractivity (Wildman–Crippen MR) is 129 cm³/mol. The molecule has 0 radical (unpaired) electrons. The van der Waals surface area contributed by atoms with Gasteiger partial charge in [0, 0.05) is 36.0 Å². The minimum atomic E-state index is -0.456. The van der Waals surface area contributed by atoms with Crippen molar-refractivity contribution in [3.05, 3.63) is 70.7 Å². The van der Waals surface area contributed by atoms with Crippen molar-refractivity contribution in [2.75, 3.05) is 6.61 Å². The Bertz CT molecular complexity index is 1630. The molecular weight excluding hydrogens is 432 g/mol. The lowest BCUT2D eigenvalue weighted by atomic mass is 10.0. The van der Waals surface area contributed by atoms with Gasteiger partial charge in [-0.05, 0) is 44.0 Å². The van der Waals surface area contributed by atoms with Gasteiger partial charge in [0.05, 0.1) is 35.6 Å². The number of pyridine rings is 2. The topological polar surface area (TPSA) is 96.8 Å². The number of rotatable bonds is 5. The smallest absolute Gasteiger partial charge is 0.335 e. The van der Waals surface area contributed by atoms with Gasteiger partial charge in [0.1, 0.15) is 12.4 Å². The average Bonchev–Trinajstić information content (AvgIpc) is 3.33. The lowest BCUT2D eigenvalue weighted by Crippen LogP contribution is -2.27. The molecule has 0 aliphatic carbocycles. The lowest BCUT2D eigenvalue weighted by Gasteiger charge is -2.10. The SMILES string of the molecule is CCOC(=O)Cn1c(=O)n(-c2ncc(-c3cncc4c3cnn4C)cc2C)c2c(C)cccc21. The highest BCUT2D eigenvalue weighted by Gasteiger charge is 2.21. The minimum Gasteiger partial charge on any atom is -0.465 e. The third kappa shape index (κ3) is 3.37. The third-order valence-corrected chi connectivity index (χ3v) is 5.99. The number of nitrogens with zero attached hydrogens (tertiary/aromatic N) is 6. The van der Waals surface area contributed by atoms with E-state index in [9.17, 15) is 9.59 Å². The zero-order valence-corrected chi connectivity index (χ0v) is 19.4. The molecule has 34 heavy (non-hydrogen) atoms. The maximum Gasteiger partial charge on any atom is 0.335 e. The largest absolute Gasteiger partial charge is 0.465 e. The zero-order chi connectivity index (χ0) is 24.0. The van der Waals surface area contributed by atoms with Crippen molar-refractivity contribution in [3.63, 3.8) is 0 Å². The van der Waals surface area contributed by atoms with E-state index in [1.54, 1.807) is 34.8 Å². The van der Waals surface area contributed by atoms with Gasteiger partial charge in [-0.2, -0.15) is 5.10 Å². The molecule has 4 aromatic heterocycles. The van der Waals surface area contributed by atoms with Crippen LogP contribution in [0.25, 0.3) is 38.9 Å². The Labute approximate surface area is 195 Å². The van der Waals surface area contributed by atoms with E-state index >= 15 is 0 Å². The maximum atomic E-state index is 13.5. The molecule has 1 aromatic carbocycles. The molecule has 0 saturated carbocycles. The summed E-state index contributed by atoms with van der Waals surface area (Å²) in [6, 6.07) is 7.63. The second-order valence-corrected chi connectivity index (χ2v) is 8.20. The van der Waals surface area contributed by atoms with Crippen LogP contribution in [0.5, 0.6) is 0 Å². The monoisotopic (exact) mass is 456 g/mol. The first-order chi connectivity index (χ1) is 16.4. The third-order valence-electron chi connectivity index (χ3n) is 5.99. The highest BCUT2D eigenvalue weighted by molar-refractivity contribution is 5.93. The van der Waals surface area contributed by atoms with Gasteiger partial charge >= 0.3 is 11.7 Å². The highest BCUT2D eigenvalue weighted by atomic mass is 16.5. The summed E-state index contributed by atoms with van der Waals surface area (Å²) in [5.74, 6) is 0.0595. The second-order valence-electron chi connectivity index (χ2n) is 8.20. The van der Waals surface area contributed by atoms with Gasteiger partial charge in [-0.25, -0.2) is 14.3 Å². The van der Waals surface area contributed by atoms with Crippen molar-refractivity contribution in [2.45, 2.75) is 27.3 Å². The normalized spacial score (nSPS) is 11.4. The molecule has 9 heteroatoms. The van der Waals surface area contributed by atoms with E-state index in [4.69, 9.17) is 9.72 Å². The van der Waals surface area contributed by atoms with E-state index in [1.165, 1.54) is 4.57 Å². The van der Waals surface area contributed by atoms with Crippen molar-refractivity contribution >= 4 is 27.9 Å². The first-order valence-corrected chi connectivity index (χ1v) is 11.0. The molecule has 0 aliphatic heterocycles. The van der Waals surface area contributed by atoms with E-state index in [0.717, 1.165) is 38.7 Å². The van der Waals surface area contributed by atoms with Gasteiger partial charge in [-0.3, -0.25) is 19.0 Å². The van der Waals surface area contributed by atoms with Crippen LogP contribution in [0.3, 0.4) is 0 Å². The Kier molecular flexibility index (Phi) is 5.24. The summed E-state index contributed by atoms with van der Waals surface area (Å²) in [5.41, 5.74) is 5.49. The first kappa shape index (κ1) is 21.6. The van der Waals surface area contributed by atoms with Gasteiger partial charge in [0.15, 0.2) is 0 Å². The molecule has 0 amide bonds. The number of ether oxygens (including phenoxy) is 1. The second kappa shape index (κ2) is 8.26. The Morgan fingerprint density at radius 1 is 1.06 bits per heavy atom. The number of carbonyl (C=O) groups excluding carboxylic acids is 1. The van der Waals surface area contributed by atoms with Crippen LogP contribution in [0.1, 0.15) is 18.1 Å². The fourth-order valence-electron chi connectivity index (χ4n) is 4.40. The Morgan fingerprint density at radius 3 is 2.65 bits per heavy atom. The minimum absolute atomic E-state index is 0.161. The molecule has 0 bridgehead atoms. The molecule has 172 valence electrons. The quantitative estimate of drug-likeness (QED) is 0.377. The van der Waals surface area contributed by atoms with Crippen LogP contribution in [0.15, 0.2) is 53.8 Å². The molecule has 0 spiro atoms.